The Labute approximate surface area is 114 Å². The van der Waals surface area contributed by atoms with Crippen LogP contribution < -0.4 is 10.1 Å². The molecule has 1 aromatic heterocycles. The van der Waals surface area contributed by atoms with Crippen LogP contribution in [0.5, 0.6) is 5.75 Å². The van der Waals surface area contributed by atoms with Crippen molar-refractivity contribution in [1.29, 1.82) is 0 Å². The molecule has 0 bridgehead atoms. The molecule has 3 heteroatoms. The number of ether oxygens (including phenoxy) is 1. The first-order chi connectivity index (χ1) is 9.15. The highest BCUT2D eigenvalue weighted by Crippen LogP contribution is 2.27. The van der Waals surface area contributed by atoms with E-state index in [1.807, 2.05) is 19.3 Å². The maximum atomic E-state index is 5.25. The lowest BCUT2D eigenvalue weighted by Crippen LogP contribution is -2.19. The Balaban J connectivity index is 2.46. The third-order valence-electron chi connectivity index (χ3n) is 3.34. The first-order valence-electron chi connectivity index (χ1n) is 6.39. The van der Waals surface area contributed by atoms with E-state index in [9.17, 15) is 0 Å². The first-order valence-corrected chi connectivity index (χ1v) is 6.39. The van der Waals surface area contributed by atoms with E-state index < -0.39 is 0 Å². The van der Waals surface area contributed by atoms with E-state index in [4.69, 9.17) is 4.74 Å². The summed E-state index contributed by atoms with van der Waals surface area (Å²) in [7, 11) is 3.62. The Morgan fingerprint density at radius 2 is 1.95 bits per heavy atom. The zero-order chi connectivity index (χ0) is 13.8. The molecular weight excluding hydrogens is 236 g/mol. The molecule has 0 fully saturated rings. The van der Waals surface area contributed by atoms with Crippen LogP contribution in [-0.4, -0.2) is 19.1 Å². The van der Waals surface area contributed by atoms with Gasteiger partial charge >= 0.3 is 0 Å². The smallest absolute Gasteiger partial charge is 0.137 e. The van der Waals surface area contributed by atoms with Crippen molar-refractivity contribution in [3.63, 3.8) is 0 Å². The summed E-state index contributed by atoms with van der Waals surface area (Å²) in [6.45, 7) is 4.24. The van der Waals surface area contributed by atoms with Gasteiger partial charge in [-0.05, 0) is 43.7 Å². The molecule has 0 aliphatic rings. The number of rotatable bonds is 4. The molecular formula is C16H20N2O. The summed E-state index contributed by atoms with van der Waals surface area (Å²) in [6, 6.07) is 8.66. The molecule has 100 valence electrons. The van der Waals surface area contributed by atoms with Crippen LogP contribution in [-0.2, 0) is 0 Å². The monoisotopic (exact) mass is 256 g/mol. The fourth-order valence-corrected chi connectivity index (χ4v) is 2.28. The van der Waals surface area contributed by atoms with E-state index in [0.29, 0.717) is 0 Å². The number of hydrogen-bond donors (Lipinski definition) is 1. The summed E-state index contributed by atoms with van der Waals surface area (Å²) in [6.07, 6.45) is 3.60. The van der Waals surface area contributed by atoms with E-state index >= 15 is 0 Å². The molecule has 1 unspecified atom stereocenters. The van der Waals surface area contributed by atoms with Gasteiger partial charge in [0.15, 0.2) is 0 Å². The van der Waals surface area contributed by atoms with Crippen molar-refractivity contribution in [2.24, 2.45) is 0 Å². The molecule has 1 aromatic carbocycles. The molecule has 1 N–H and O–H groups in total. The molecule has 0 aliphatic heterocycles. The first kappa shape index (κ1) is 13.6. The van der Waals surface area contributed by atoms with E-state index in [1.165, 1.54) is 16.7 Å². The van der Waals surface area contributed by atoms with Gasteiger partial charge in [0.25, 0.3) is 0 Å². The van der Waals surface area contributed by atoms with Crippen molar-refractivity contribution in [1.82, 2.24) is 10.3 Å². The van der Waals surface area contributed by atoms with Crippen LogP contribution in [0, 0.1) is 13.8 Å². The molecule has 1 atom stereocenters. The summed E-state index contributed by atoms with van der Waals surface area (Å²) in [4.78, 5) is 4.24. The summed E-state index contributed by atoms with van der Waals surface area (Å²) in [5.41, 5.74) is 4.91. The Hall–Kier alpha value is -1.87. The van der Waals surface area contributed by atoms with Gasteiger partial charge in [-0.1, -0.05) is 23.8 Å². The molecule has 19 heavy (non-hydrogen) atoms. The van der Waals surface area contributed by atoms with Crippen molar-refractivity contribution in [2.75, 3.05) is 14.2 Å². The third kappa shape index (κ3) is 2.93. The van der Waals surface area contributed by atoms with Crippen LogP contribution in [0.3, 0.4) is 0 Å². The predicted molar refractivity (Wildman–Crippen MR) is 77.6 cm³/mol. The molecule has 2 aromatic rings. The number of benzene rings is 1. The van der Waals surface area contributed by atoms with Gasteiger partial charge in [-0.25, -0.2) is 0 Å². The molecule has 0 amide bonds. The lowest BCUT2D eigenvalue weighted by molar-refractivity contribution is 0.411. The zero-order valence-corrected chi connectivity index (χ0v) is 11.9. The fourth-order valence-electron chi connectivity index (χ4n) is 2.28. The second-order valence-electron chi connectivity index (χ2n) is 4.74. The maximum absolute atomic E-state index is 5.25. The number of nitrogens with zero attached hydrogens (tertiary/aromatic N) is 1. The highest BCUT2D eigenvalue weighted by Gasteiger charge is 2.15. The normalized spacial score (nSPS) is 12.2. The molecule has 0 spiro atoms. The van der Waals surface area contributed by atoms with Crippen molar-refractivity contribution >= 4 is 0 Å². The predicted octanol–water partition coefficient (Wildman–Crippen LogP) is 3.02. The van der Waals surface area contributed by atoms with Crippen molar-refractivity contribution in [2.45, 2.75) is 19.9 Å². The topological polar surface area (TPSA) is 34.2 Å². The Kier molecular flexibility index (Phi) is 4.17. The van der Waals surface area contributed by atoms with Gasteiger partial charge in [-0.3, -0.25) is 4.98 Å². The zero-order valence-electron chi connectivity index (χ0n) is 11.9. The van der Waals surface area contributed by atoms with E-state index in [2.05, 4.69) is 42.3 Å². The third-order valence-corrected chi connectivity index (χ3v) is 3.34. The Morgan fingerprint density at radius 1 is 1.16 bits per heavy atom. The second-order valence-corrected chi connectivity index (χ2v) is 4.74. The maximum Gasteiger partial charge on any atom is 0.137 e. The molecule has 1 heterocycles. The summed E-state index contributed by atoms with van der Waals surface area (Å²) in [5.74, 6) is 0.781. The number of aryl methyl sites for hydroxylation is 2. The number of hydrogen-bond acceptors (Lipinski definition) is 3. The van der Waals surface area contributed by atoms with E-state index in [-0.39, 0.29) is 6.04 Å². The average molecular weight is 256 g/mol. The van der Waals surface area contributed by atoms with Crippen LogP contribution >= 0.6 is 0 Å². The SMILES string of the molecule is CNC(c1cncc(OC)c1)c1cc(C)ccc1C. The van der Waals surface area contributed by atoms with Gasteiger partial charge < -0.3 is 10.1 Å². The minimum atomic E-state index is 0.127. The molecule has 0 saturated carbocycles. The number of pyridine rings is 1. The number of nitrogens with one attached hydrogen (secondary N) is 1. The highest BCUT2D eigenvalue weighted by molar-refractivity contribution is 5.40. The quantitative estimate of drug-likeness (QED) is 0.913. The standard InChI is InChI=1S/C16H20N2O/c1-11-5-6-12(2)15(7-11)16(17-3)13-8-14(19-4)10-18-9-13/h5-10,16-17H,1-4H3. The highest BCUT2D eigenvalue weighted by atomic mass is 16.5. The van der Waals surface area contributed by atoms with Gasteiger partial charge in [-0.15, -0.1) is 0 Å². The van der Waals surface area contributed by atoms with Crippen LogP contribution in [0.15, 0.2) is 36.7 Å². The lowest BCUT2D eigenvalue weighted by atomic mass is 9.94. The largest absolute Gasteiger partial charge is 0.495 e. The average Bonchev–Trinajstić information content (AvgIpc) is 2.44. The summed E-state index contributed by atoms with van der Waals surface area (Å²) < 4.78 is 5.25. The Bertz CT molecular complexity index is 566. The van der Waals surface area contributed by atoms with Crippen LogP contribution in [0.4, 0.5) is 0 Å². The van der Waals surface area contributed by atoms with Crippen LogP contribution in [0.1, 0.15) is 28.3 Å². The summed E-state index contributed by atoms with van der Waals surface area (Å²) >= 11 is 0. The van der Waals surface area contributed by atoms with Crippen LogP contribution in [0.2, 0.25) is 0 Å². The second kappa shape index (κ2) is 5.85. The van der Waals surface area contributed by atoms with Crippen LogP contribution in [0.25, 0.3) is 0 Å². The van der Waals surface area contributed by atoms with Gasteiger partial charge in [0.2, 0.25) is 0 Å². The van der Waals surface area contributed by atoms with Gasteiger partial charge in [0.05, 0.1) is 19.3 Å². The molecule has 0 saturated heterocycles. The minimum Gasteiger partial charge on any atom is -0.495 e. The Morgan fingerprint density at radius 3 is 2.63 bits per heavy atom. The van der Waals surface area contributed by atoms with E-state index in [1.54, 1.807) is 13.3 Å². The van der Waals surface area contributed by atoms with Crippen molar-refractivity contribution < 1.29 is 4.74 Å². The molecule has 0 radical (unpaired) electrons. The molecule has 0 aliphatic carbocycles. The van der Waals surface area contributed by atoms with Gasteiger partial charge in [0.1, 0.15) is 5.75 Å². The summed E-state index contributed by atoms with van der Waals surface area (Å²) in [5, 5.41) is 3.36. The molecule has 3 nitrogen and oxygen atoms in total. The van der Waals surface area contributed by atoms with Gasteiger partial charge in [-0.2, -0.15) is 0 Å². The van der Waals surface area contributed by atoms with Gasteiger partial charge in [0, 0.05) is 6.20 Å². The number of methoxy groups -OCH3 is 1. The minimum absolute atomic E-state index is 0.127. The van der Waals surface area contributed by atoms with Crippen molar-refractivity contribution in [3.8, 4) is 5.75 Å². The lowest BCUT2D eigenvalue weighted by Gasteiger charge is -2.20. The van der Waals surface area contributed by atoms with E-state index in [0.717, 1.165) is 11.3 Å². The fraction of sp³-hybridized carbons (Fsp3) is 0.312. The molecule has 2 rings (SSSR count). The number of aromatic nitrogens is 1. The van der Waals surface area contributed by atoms with Crippen molar-refractivity contribution in [3.05, 3.63) is 58.9 Å².